The summed E-state index contributed by atoms with van der Waals surface area (Å²) in [6.45, 7) is 7.97. The van der Waals surface area contributed by atoms with Gasteiger partial charge in [-0.15, -0.1) is 0 Å². The van der Waals surface area contributed by atoms with E-state index in [4.69, 9.17) is 0 Å². The molecule has 1 aromatic carbocycles. The van der Waals surface area contributed by atoms with Gasteiger partial charge in [-0.3, -0.25) is 4.79 Å². The van der Waals surface area contributed by atoms with E-state index in [1.807, 2.05) is 38.7 Å². The van der Waals surface area contributed by atoms with Gasteiger partial charge in [0.25, 0.3) is 0 Å². The van der Waals surface area contributed by atoms with Crippen LogP contribution in [0, 0.1) is 19.7 Å². The Morgan fingerprint density at radius 3 is 2.48 bits per heavy atom. The highest BCUT2D eigenvalue weighted by atomic mass is 19.1. The Hall–Kier alpha value is -2.43. The highest BCUT2D eigenvalue weighted by Gasteiger charge is 2.33. The van der Waals surface area contributed by atoms with Crippen LogP contribution in [0.5, 0.6) is 0 Å². The standard InChI is InChI=1S/C20H24FN3O/c1-13(2)23(17-9-10-17)20(25)12-11-19-14(3)22-24(15(19)4)18-7-5-16(21)6-8-18/h5-8,11-13,17H,9-10H2,1-4H3/b12-11+. The molecule has 1 saturated carbocycles. The zero-order valence-electron chi connectivity index (χ0n) is 15.2. The van der Waals surface area contributed by atoms with Crippen LogP contribution < -0.4 is 0 Å². The zero-order valence-corrected chi connectivity index (χ0v) is 15.2. The van der Waals surface area contributed by atoms with Gasteiger partial charge in [0.2, 0.25) is 5.91 Å². The zero-order chi connectivity index (χ0) is 18.1. The Kier molecular flexibility index (Phi) is 4.75. The molecule has 25 heavy (non-hydrogen) atoms. The van der Waals surface area contributed by atoms with E-state index < -0.39 is 0 Å². The summed E-state index contributed by atoms with van der Waals surface area (Å²) < 4.78 is 14.9. The summed E-state index contributed by atoms with van der Waals surface area (Å²) in [7, 11) is 0. The van der Waals surface area contributed by atoms with Crippen LogP contribution in [-0.2, 0) is 4.79 Å². The van der Waals surface area contributed by atoms with Crippen LogP contribution in [0.1, 0.15) is 43.6 Å². The monoisotopic (exact) mass is 341 g/mol. The molecule has 1 amide bonds. The fraction of sp³-hybridized carbons (Fsp3) is 0.400. The SMILES string of the molecule is Cc1nn(-c2ccc(F)cc2)c(C)c1/C=C/C(=O)N(C(C)C)C1CC1. The number of halogens is 1. The van der Waals surface area contributed by atoms with Crippen LogP contribution in [0.15, 0.2) is 30.3 Å². The van der Waals surface area contributed by atoms with Crippen molar-refractivity contribution in [1.82, 2.24) is 14.7 Å². The first kappa shape index (κ1) is 17.4. The predicted octanol–water partition coefficient (Wildman–Crippen LogP) is 4.04. The molecule has 4 nitrogen and oxygen atoms in total. The van der Waals surface area contributed by atoms with Crippen molar-refractivity contribution >= 4 is 12.0 Å². The number of aromatic nitrogens is 2. The van der Waals surface area contributed by atoms with Gasteiger partial charge in [-0.1, -0.05) is 0 Å². The minimum absolute atomic E-state index is 0.0471. The first-order chi connectivity index (χ1) is 11.9. The molecular weight excluding hydrogens is 317 g/mol. The maximum atomic E-state index is 13.1. The third-order valence-electron chi connectivity index (χ3n) is 4.56. The molecule has 0 saturated heterocycles. The van der Waals surface area contributed by atoms with E-state index in [1.54, 1.807) is 22.9 Å². The van der Waals surface area contributed by atoms with Crippen LogP contribution >= 0.6 is 0 Å². The summed E-state index contributed by atoms with van der Waals surface area (Å²) in [4.78, 5) is 14.5. The second-order valence-electron chi connectivity index (χ2n) is 6.88. The topological polar surface area (TPSA) is 38.1 Å². The van der Waals surface area contributed by atoms with Gasteiger partial charge in [-0.25, -0.2) is 9.07 Å². The van der Waals surface area contributed by atoms with Crippen LogP contribution in [0.25, 0.3) is 11.8 Å². The molecule has 1 fully saturated rings. The average molecular weight is 341 g/mol. The van der Waals surface area contributed by atoms with E-state index in [1.165, 1.54) is 12.1 Å². The third kappa shape index (κ3) is 3.65. The van der Waals surface area contributed by atoms with Gasteiger partial charge in [0.1, 0.15) is 5.82 Å². The summed E-state index contributed by atoms with van der Waals surface area (Å²) in [5, 5.41) is 4.53. The summed E-state index contributed by atoms with van der Waals surface area (Å²) in [5.41, 5.74) is 3.50. The molecule has 1 aromatic heterocycles. The summed E-state index contributed by atoms with van der Waals surface area (Å²) >= 11 is 0. The normalized spacial score (nSPS) is 14.5. The van der Waals surface area contributed by atoms with Crippen LogP contribution in [0.2, 0.25) is 0 Å². The van der Waals surface area contributed by atoms with Gasteiger partial charge in [-0.05, 0) is 70.9 Å². The van der Waals surface area contributed by atoms with Gasteiger partial charge in [0, 0.05) is 29.4 Å². The molecule has 0 radical (unpaired) electrons. The molecule has 0 bridgehead atoms. The fourth-order valence-electron chi connectivity index (χ4n) is 3.18. The molecule has 1 aliphatic rings. The lowest BCUT2D eigenvalue weighted by molar-refractivity contribution is -0.128. The fourth-order valence-corrected chi connectivity index (χ4v) is 3.18. The number of hydrogen-bond donors (Lipinski definition) is 0. The van der Waals surface area contributed by atoms with Crippen molar-refractivity contribution in [2.24, 2.45) is 0 Å². The van der Waals surface area contributed by atoms with Gasteiger partial charge in [0.05, 0.1) is 11.4 Å². The molecule has 3 rings (SSSR count). The Morgan fingerprint density at radius 1 is 1.28 bits per heavy atom. The quantitative estimate of drug-likeness (QED) is 0.770. The van der Waals surface area contributed by atoms with Crippen LogP contribution in [0.3, 0.4) is 0 Å². The van der Waals surface area contributed by atoms with Crippen molar-refractivity contribution < 1.29 is 9.18 Å². The maximum absolute atomic E-state index is 13.1. The van der Waals surface area contributed by atoms with Crippen molar-refractivity contribution in [2.75, 3.05) is 0 Å². The molecule has 0 N–H and O–H groups in total. The summed E-state index contributed by atoms with van der Waals surface area (Å²) in [6, 6.07) is 6.82. The van der Waals surface area contributed by atoms with Gasteiger partial charge < -0.3 is 4.90 Å². The Morgan fingerprint density at radius 2 is 1.92 bits per heavy atom. The first-order valence-corrected chi connectivity index (χ1v) is 8.71. The van der Waals surface area contributed by atoms with E-state index in [0.29, 0.717) is 6.04 Å². The largest absolute Gasteiger partial charge is 0.334 e. The van der Waals surface area contributed by atoms with Crippen molar-refractivity contribution in [2.45, 2.75) is 52.6 Å². The lowest BCUT2D eigenvalue weighted by Gasteiger charge is -2.25. The average Bonchev–Trinajstić information content (AvgIpc) is 3.33. The second kappa shape index (κ2) is 6.82. The number of carbonyl (C=O) groups is 1. The van der Waals surface area contributed by atoms with Crippen LogP contribution in [0.4, 0.5) is 4.39 Å². The summed E-state index contributed by atoms with van der Waals surface area (Å²) in [5.74, 6) is -0.226. The third-order valence-corrected chi connectivity index (χ3v) is 4.56. The number of carbonyl (C=O) groups excluding carboxylic acids is 1. The van der Waals surface area contributed by atoms with Crippen molar-refractivity contribution in [1.29, 1.82) is 0 Å². The minimum Gasteiger partial charge on any atom is -0.334 e. The number of benzene rings is 1. The molecule has 1 heterocycles. The number of nitrogens with zero attached hydrogens (tertiary/aromatic N) is 3. The molecule has 0 atom stereocenters. The van der Waals surface area contributed by atoms with Gasteiger partial charge in [0.15, 0.2) is 0 Å². The minimum atomic E-state index is -0.273. The summed E-state index contributed by atoms with van der Waals surface area (Å²) in [6.07, 6.45) is 5.68. The van der Waals surface area contributed by atoms with E-state index in [0.717, 1.165) is 35.5 Å². The highest BCUT2D eigenvalue weighted by molar-refractivity contribution is 5.92. The first-order valence-electron chi connectivity index (χ1n) is 8.71. The molecule has 5 heteroatoms. The Bertz CT molecular complexity index is 799. The Balaban J connectivity index is 1.85. The van der Waals surface area contributed by atoms with Gasteiger partial charge >= 0.3 is 0 Å². The molecule has 132 valence electrons. The van der Waals surface area contributed by atoms with Crippen molar-refractivity contribution in [3.05, 3.63) is 53.1 Å². The molecule has 0 unspecified atom stereocenters. The number of rotatable bonds is 5. The number of amides is 1. The highest BCUT2D eigenvalue weighted by Crippen LogP contribution is 2.29. The lowest BCUT2D eigenvalue weighted by Crippen LogP contribution is -2.37. The van der Waals surface area contributed by atoms with Crippen molar-refractivity contribution in [3.63, 3.8) is 0 Å². The molecule has 0 aliphatic heterocycles. The predicted molar refractivity (Wildman–Crippen MR) is 97.0 cm³/mol. The number of aryl methyl sites for hydroxylation is 1. The molecule has 1 aliphatic carbocycles. The molecular formula is C20H24FN3O. The van der Waals surface area contributed by atoms with Gasteiger partial charge in [-0.2, -0.15) is 5.10 Å². The Labute approximate surface area is 148 Å². The van der Waals surface area contributed by atoms with E-state index in [9.17, 15) is 9.18 Å². The smallest absolute Gasteiger partial charge is 0.247 e. The van der Waals surface area contributed by atoms with E-state index in [-0.39, 0.29) is 17.8 Å². The van der Waals surface area contributed by atoms with Crippen molar-refractivity contribution in [3.8, 4) is 5.69 Å². The molecule has 0 spiro atoms. The van der Waals surface area contributed by atoms with Crippen LogP contribution in [-0.4, -0.2) is 32.7 Å². The number of hydrogen-bond acceptors (Lipinski definition) is 2. The van der Waals surface area contributed by atoms with E-state index >= 15 is 0 Å². The maximum Gasteiger partial charge on any atom is 0.247 e. The second-order valence-corrected chi connectivity index (χ2v) is 6.88. The molecule has 2 aromatic rings. The van der Waals surface area contributed by atoms with E-state index in [2.05, 4.69) is 5.10 Å². The lowest BCUT2D eigenvalue weighted by atomic mass is 10.1.